The minimum atomic E-state index is 0.181. The van der Waals surface area contributed by atoms with E-state index in [1.807, 2.05) is 47.6 Å². The van der Waals surface area contributed by atoms with Crippen molar-refractivity contribution in [2.75, 3.05) is 37.3 Å². The van der Waals surface area contributed by atoms with E-state index in [-0.39, 0.29) is 5.91 Å². The summed E-state index contributed by atoms with van der Waals surface area (Å²) in [6.07, 6.45) is 6.64. The number of para-hydroxylation sites is 1. The number of nitrogens with zero attached hydrogens (tertiary/aromatic N) is 2. The molecule has 1 amide bonds. The first-order valence-electron chi connectivity index (χ1n) is 9.08. The van der Waals surface area contributed by atoms with Crippen LogP contribution < -0.4 is 4.90 Å². The van der Waals surface area contributed by atoms with Crippen LogP contribution in [0.3, 0.4) is 0 Å². The SMILES string of the molecule is CSc1ccc(CC(=O)N2CCN(c3ccccc3/C=C/C=O)CC2)cc1. The predicted molar refractivity (Wildman–Crippen MR) is 112 cm³/mol. The zero-order valence-electron chi connectivity index (χ0n) is 15.5. The molecule has 2 aromatic carbocycles. The van der Waals surface area contributed by atoms with Gasteiger partial charge in [-0.3, -0.25) is 9.59 Å². The molecule has 27 heavy (non-hydrogen) atoms. The Bertz CT molecular complexity index is 809. The largest absolute Gasteiger partial charge is 0.367 e. The number of carbonyl (C=O) groups excluding carboxylic acids is 2. The quantitative estimate of drug-likeness (QED) is 0.437. The number of thioether (sulfide) groups is 1. The van der Waals surface area contributed by atoms with Crippen LogP contribution in [-0.2, 0) is 16.0 Å². The van der Waals surface area contributed by atoms with Crippen LogP contribution in [0.4, 0.5) is 5.69 Å². The summed E-state index contributed by atoms with van der Waals surface area (Å²) in [5.74, 6) is 0.181. The first-order valence-corrected chi connectivity index (χ1v) is 10.3. The first-order chi connectivity index (χ1) is 13.2. The topological polar surface area (TPSA) is 40.6 Å². The molecule has 1 saturated heterocycles. The van der Waals surface area contributed by atoms with E-state index in [1.54, 1.807) is 11.8 Å². The lowest BCUT2D eigenvalue weighted by Gasteiger charge is -2.37. The van der Waals surface area contributed by atoms with Gasteiger partial charge in [0.25, 0.3) is 0 Å². The Labute approximate surface area is 164 Å². The van der Waals surface area contributed by atoms with Gasteiger partial charge in [-0.25, -0.2) is 0 Å². The summed E-state index contributed by atoms with van der Waals surface area (Å²) in [5.41, 5.74) is 3.19. The van der Waals surface area contributed by atoms with Gasteiger partial charge in [0, 0.05) is 36.8 Å². The molecule has 0 spiro atoms. The van der Waals surface area contributed by atoms with E-state index in [0.717, 1.165) is 36.2 Å². The second-order valence-electron chi connectivity index (χ2n) is 6.45. The molecule has 4 nitrogen and oxygen atoms in total. The summed E-state index contributed by atoms with van der Waals surface area (Å²) < 4.78 is 0. The molecule has 0 unspecified atom stereocenters. The lowest BCUT2D eigenvalue weighted by molar-refractivity contribution is -0.130. The third kappa shape index (κ3) is 5.01. The van der Waals surface area contributed by atoms with Gasteiger partial charge in [0.05, 0.1) is 6.42 Å². The number of amides is 1. The number of benzene rings is 2. The molecule has 0 saturated carbocycles. The molecule has 1 aliphatic heterocycles. The predicted octanol–water partition coefficient (Wildman–Crippen LogP) is 3.51. The van der Waals surface area contributed by atoms with Crippen LogP contribution in [-0.4, -0.2) is 49.5 Å². The Kier molecular flexibility index (Phi) is 6.71. The highest BCUT2D eigenvalue weighted by molar-refractivity contribution is 7.98. The van der Waals surface area contributed by atoms with E-state index in [0.29, 0.717) is 19.5 Å². The summed E-state index contributed by atoms with van der Waals surface area (Å²) in [4.78, 5) is 28.7. The second-order valence-corrected chi connectivity index (χ2v) is 7.33. The molecule has 1 fully saturated rings. The van der Waals surface area contributed by atoms with Gasteiger partial charge < -0.3 is 9.80 Å². The Morgan fingerprint density at radius 3 is 2.41 bits per heavy atom. The van der Waals surface area contributed by atoms with Crippen molar-refractivity contribution < 1.29 is 9.59 Å². The molecule has 0 N–H and O–H groups in total. The highest BCUT2D eigenvalue weighted by Gasteiger charge is 2.22. The van der Waals surface area contributed by atoms with E-state index < -0.39 is 0 Å². The zero-order chi connectivity index (χ0) is 19.1. The number of anilines is 1. The van der Waals surface area contributed by atoms with Gasteiger partial charge in [0.2, 0.25) is 5.91 Å². The summed E-state index contributed by atoms with van der Waals surface area (Å²) in [5, 5.41) is 0. The zero-order valence-corrected chi connectivity index (χ0v) is 16.3. The van der Waals surface area contributed by atoms with Crippen molar-refractivity contribution in [3.8, 4) is 0 Å². The number of aldehydes is 1. The molecular formula is C22H24N2O2S. The van der Waals surface area contributed by atoms with Crippen molar-refractivity contribution in [2.24, 2.45) is 0 Å². The number of piperazine rings is 1. The molecule has 0 aromatic heterocycles. The number of allylic oxidation sites excluding steroid dienone is 1. The molecule has 5 heteroatoms. The molecule has 1 heterocycles. The van der Waals surface area contributed by atoms with Gasteiger partial charge in [-0.05, 0) is 47.7 Å². The van der Waals surface area contributed by atoms with Gasteiger partial charge in [-0.15, -0.1) is 11.8 Å². The van der Waals surface area contributed by atoms with E-state index in [4.69, 9.17) is 0 Å². The lowest BCUT2D eigenvalue weighted by Crippen LogP contribution is -2.49. The van der Waals surface area contributed by atoms with Gasteiger partial charge >= 0.3 is 0 Å². The lowest BCUT2D eigenvalue weighted by atomic mass is 10.1. The summed E-state index contributed by atoms with van der Waals surface area (Å²) >= 11 is 1.70. The molecule has 0 bridgehead atoms. The highest BCUT2D eigenvalue weighted by Crippen LogP contribution is 2.23. The van der Waals surface area contributed by atoms with Crippen molar-refractivity contribution in [1.29, 1.82) is 0 Å². The fourth-order valence-corrected chi connectivity index (χ4v) is 3.69. The Balaban J connectivity index is 1.59. The summed E-state index contributed by atoms with van der Waals surface area (Å²) in [6.45, 7) is 3.02. The van der Waals surface area contributed by atoms with Crippen LogP contribution in [0.2, 0.25) is 0 Å². The average Bonchev–Trinajstić information content (AvgIpc) is 2.73. The molecular weight excluding hydrogens is 356 g/mol. The van der Waals surface area contributed by atoms with Crippen molar-refractivity contribution in [1.82, 2.24) is 4.90 Å². The van der Waals surface area contributed by atoms with Gasteiger partial charge in [0.1, 0.15) is 6.29 Å². The van der Waals surface area contributed by atoms with Crippen LogP contribution in [0.5, 0.6) is 0 Å². The highest BCUT2D eigenvalue weighted by atomic mass is 32.2. The molecule has 0 atom stereocenters. The fourth-order valence-electron chi connectivity index (χ4n) is 3.29. The Morgan fingerprint density at radius 1 is 1.04 bits per heavy atom. The van der Waals surface area contributed by atoms with Crippen LogP contribution in [0, 0.1) is 0 Å². The maximum absolute atomic E-state index is 12.6. The van der Waals surface area contributed by atoms with Crippen LogP contribution >= 0.6 is 11.8 Å². The molecule has 2 aromatic rings. The second kappa shape index (κ2) is 9.42. The third-order valence-electron chi connectivity index (χ3n) is 4.78. The molecule has 3 rings (SSSR count). The number of hydrogen-bond donors (Lipinski definition) is 0. The van der Waals surface area contributed by atoms with Crippen molar-refractivity contribution in [3.05, 3.63) is 65.7 Å². The molecule has 140 valence electrons. The smallest absolute Gasteiger partial charge is 0.227 e. The van der Waals surface area contributed by atoms with E-state index >= 15 is 0 Å². The minimum Gasteiger partial charge on any atom is -0.367 e. The number of rotatable bonds is 6. The molecule has 1 aliphatic rings. The van der Waals surface area contributed by atoms with Gasteiger partial charge in [0.15, 0.2) is 0 Å². The first kappa shape index (κ1) is 19.2. The van der Waals surface area contributed by atoms with Gasteiger partial charge in [-0.1, -0.05) is 30.3 Å². The fraction of sp³-hybridized carbons (Fsp3) is 0.273. The standard InChI is InChI=1S/C22H24N2O2S/c1-27-20-10-8-18(9-11-20)17-22(26)24-14-12-23(13-15-24)21-7-3-2-5-19(21)6-4-16-25/h2-11,16H,12-15,17H2,1H3/b6-4+. The van der Waals surface area contributed by atoms with Crippen molar-refractivity contribution in [2.45, 2.75) is 11.3 Å². The summed E-state index contributed by atoms with van der Waals surface area (Å²) in [7, 11) is 0. The van der Waals surface area contributed by atoms with E-state index in [9.17, 15) is 9.59 Å². The molecule has 0 aliphatic carbocycles. The normalized spacial score (nSPS) is 14.6. The number of hydrogen-bond acceptors (Lipinski definition) is 4. The maximum Gasteiger partial charge on any atom is 0.227 e. The van der Waals surface area contributed by atoms with Crippen LogP contribution in [0.15, 0.2) is 59.5 Å². The average molecular weight is 381 g/mol. The Morgan fingerprint density at radius 2 is 1.74 bits per heavy atom. The van der Waals surface area contributed by atoms with Crippen LogP contribution in [0.25, 0.3) is 6.08 Å². The van der Waals surface area contributed by atoms with E-state index in [1.165, 1.54) is 11.0 Å². The molecule has 0 radical (unpaired) electrons. The van der Waals surface area contributed by atoms with Gasteiger partial charge in [-0.2, -0.15) is 0 Å². The van der Waals surface area contributed by atoms with Crippen LogP contribution in [0.1, 0.15) is 11.1 Å². The van der Waals surface area contributed by atoms with E-state index in [2.05, 4.69) is 23.1 Å². The van der Waals surface area contributed by atoms with Crippen molar-refractivity contribution >= 4 is 35.7 Å². The maximum atomic E-state index is 12.6. The minimum absolute atomic E-state index is 0.181. The Hall–Kier alpha value is -2.53. The summed E-state index contributed by atoms with van der Waals surface area (Å²) in [6, 6.07) is 16.2. The monoisotopic (exact) mass is 380 g/mol. The third-order valence-corrected chi connectivity index (χ3v) is 5.52. The number of carbonyl (C=O) groups is 2. The van der Waals surface area contributed by atoms with Crippen molar-refractivity contribution in [3.63, 3.8) is 0 Å².